The van der Waals surface area contributed by atoms with Gasteiger partial charge in [0.05, 0.1) is 6.54 Å². The first kappa shape index (κ1) is 14.8. The second-order valence-electron chi connectivity index (χ2n) is 4.86. The van der Waals surface area contributed by atoms with Crippen LogP contribution in [0.1, 0.15) is 21.6 Å². The van der Waals surface area contributed by atoms with Crippen molar-refractivity contribution in [3.8, 4) is 11.8 Å². The van der Waals surface area contributed by atoms with Gasteiger partial charge in [-0.15, -0.1) is 11.3 Å². The summed E-state index contributed by atoms with van der Waals surface area (Å²) in [5.41, 5.74) is 9.26. The first-order valence-corrected chi connectivity index (χ1v) is 7.57. The molecule has 0 unspecified atom stereocenters. The van der Waals surface area contributed by atoms with Gasteiger partial charge >= 0.3 is 0 Å². The molecule has 20 heavy (non-hydrogen) atoms. The fraction of sp³-hybridized carbons (Fsp3) is 0.294. The quantitative estimate of drug-likeness (QED) is 0.875. The molecule has 3 heteroatoms. The number of thiophene rings is 1. The lowest BCUT2D eigenvalue weighted by atomic mass is 10.1. The van der Waals surface area contributed by atoms with Gasteiger partial charge in [-0.25, -0.2) is 0 Å². The molecule has 0 saturated heterocycles. The van der Waals surface area contributed by atoms with Crippen LogP contribution in [0.15, 0.2) is 35.7 Å². The average molecular weight is 284 g/mol. The fourth-order valence-corrected chi connectivity index (χ4v) is 3.01. The van der Waals surface area contributed by atoms with Gasteiger partial charge < -0.3 is 5.73 Å². The normalized spacial score (nSPS) is 10.4. The highest BCUT2D eigenvalue weighted by Gasteiger charge is 2.07. The molecule has 0 aliphatic rings. The lowest BCUT2D eigenvalue weighted by Crippen LogP contribution is -2.17. The van der Waals surface area contributed by atoms with Crippen LogP contribution in [0.4, 0.5) is 0 Å². The van der Waals surface area contributed by atoms with Crippen molar-refractivity contribution in [3.63, 3.8) is 0 Å². The summed E-state index contributed by atoms with van der Waals surface area (Å²) >= 11 is 1.76. The van der Waals surface area contributed by atoms with Crippen molar-refractivity contribution in [3.05, 3.63) is 57.3 Å². The number of benzene rings is 1. The van der Waals surface area contributed by atoms with Crippen LogP contribution < -0.4 is 5.73 Å². The minimum absolute atomic E-state index is 0.411. The summed E-state index contributed by atoms with van der Waals surface area (Å²) in [7, 11) is 2.15. The topological polar surface area (TPSA) is 29.3 Å². The van der Waals surface area contributed by atoms with Gasteiger partial charge in [-0.2, -0.15) is 0 Å². The lowest BCUT2D eigenvalue weighted by Gasteiger charge is -2.17. The maximum Gasteiger partial charge on any atom is 0.0555 e. The van der Waals surface area contributed by atoms with Gasteiger partial charge in [-0.05, 0) is 36.5 Å². The molecular weight excluding hydrogens is 264 g/mol. The van der Waals surface area contributed by atoms with E-state index in [1.54, 1.807) is 11.3 Å². The Hall–Kier alpha value is -1.60. The molecule has 1 heterocycles. The largest absolute Gasteiger partial charge is 0.320 e. The molecule has 2 nitrogen and oxygen atoms in total. The summed E-state index contributed by atoms with van der Waals surface area (Å²) in [5.74, 6) is 6.07. The minimum atomic E-state index is 0.411. The van der Waals surface area contributed by atoms with E-state index >= 15 is 0 Å². The highest BCUT2D eigenvalue weighted by atomic mass is 32.1. The summed E-state index contributed by atoms with van der Waals surface area (Å²) in [6.45, 7) is 4.44. The van der Waals surface area contributed by atoms with E-state index in [9.17, 15) is 0 Å². The van der Waals surface area contributed by atoms with Crippen LogP contribution in [-0.2, 0) is 13.1 Å². The number of aryl methyl sites for hydroxylation is 1. The first-order chi connectivity index (χ1) is 9.70. The molecule has 0 atom stereocenters. The Bertz CT molecular complexity index is 619. The first-order valence-electron chi connectivity index (χ1n) is 6.69. The molecule has 2 aromatic rings. The van der Waals surface area contributed by atoms with Crippen LogP contribution in [0.5, 0.6) is 0 Å². The summed E-state index contributed by atoms with van der Waals surface area (Å²) in [4.78, 5) is 3.63. The monoisotopic (exact) mass is 284 g/mol. The Morgan fingerprint density at radius 3 is 2.75 bits per heavy atom. The fourth-order valence-electron chi connectivity index (χ4n) is 2.10. The molecule has 0 spiro atoms. The zero-order valence-corrected chi connectivity index (χ0v) is 12.8. The number of hydrogen-bond acceptors (Lipinski definition) is 3. The van der Waals surface area contributed by atoms with Crippen molar-refractivity contribution in [2.45, 2.75) is 20.0 Å². The molecule has 2 N–H and O–H groups in total. The van der Waals surface area contributed by atoms with Crippen molar-refractivity contribution in [1.82, 2.24) is 4.90 Å². The highest BCUT2D eigenvalue weighted by Crippen LogP contribution is 2.19. The second-order valence-corrected chi connectivity index (χ2v) is 5.86. The number of rotatable bonds is 4. The van der Waals surface area contributed by atoms with Crippen molar-refractivity contribution in [1.29, 1.82) is 0 Å². The third-order valence-electron chi connectivity index (χ3n) is 3.19. The van der Waals surface area contributed by atoms with E-state index in [0.717, 1.165) is 18.7 Å². The Balaban J connectivity index is 2.03. The summed E-state index contributed by atoms with van der Waals surface area (Å²) < 4.78 is 0. The standard InChI is InChI=1S/C17H20N2S/c1-14-6-3-4-7-16(14)12-19(2)13-17-15(8-5-10-18)9-11-20-17/h3-4,6-7,9,11H,10,12-13,18H2,1-2H3. The molecule has 0 radical (unpaired) electrons. The summed E-state index contributed by atoms with van der Waals surface area (Å²) in [5, 5.41) is 2.09. The van der Waals surface area contributed by atoms with Crippen molar-refractivity contribution >= 4 is 11.3 Å². The molecule has 0 aliphatic carbocycles. The van der Waals surface area contributed by atoms with Gasteiger partial charge in [-0.3, -0.25) is 4.90 Å². The Morgan fingerprint density at radius 1 is 1.20 bits per heavy atom. The van der Waals surface area contributed by atoms with Gasteiger partial charge in [0, 0.05) is 23.5 Å². The molecule has 0 fully saturated rings. The van der Waals surface area contributed by atoms with E-state index in [-0.39, 0.29) is 0 Å². The third-order valence-corrected chi connectivity index (χ3v) is 4.09. The van der Waals surface area contributed by atoms with Gasteiger partial charge in [0.15, 0.2) is 0 Å². The van der Waals surface area contributed by atoms with E-state index in [1.165, 1.54) is 16.0 Å². The van der Waals surface area contributed by atoms with E-state index in [4.69, 9.17) is 5.73 Å². The van der Waals surface area contributed by atoms with Crippen molar-refractivity contribution < 1.29 is 0 Å². The van der Waals surface area contributed by atoms with E-state index in [2.05, 4.69) is 66.4 Å². The van der Waals surface area contributed by atoms with Crippen LogP contribution in [0.25, 0.3) is 0 Å². The Morgan fingerprint density at radius 2 is 2.00 bits per heavy atom. The molecule has 0 aliphatic heterocycles. The number of nitrogens with two attached hydrogens (primary N) is 1. The molecule has 0 bridgehead atoms. The van der Waals surface area contributed by atoms with E-state index in [0.29, 0.717) is 6.54 Å². The molecule has 0 amide bonds. The van der Waals surface area contributed by atoms with Gasteiger partial charge in [0.1, 0.15) is 0 Å². The molecule has 2 rings (SSSR count). The van der Waals surface area contributed by atoms with E-state index in [1.807, 2.05) is 0 Å². The lowest BCUT2D eigenvalue weighted by molar-refractivity contribution is 0.321. The molecule has 1 aromatic heterocycles. The SMILES string of the molecule is Cc1ccccc1CN(C)Cc1sccc1C#CCN. The zero-order valence-electron chi connectivity index (χ0n) is 12.0. The second kappa shape index (κ2) is 7.25. The van der Waals surface area contributed by atoms with Crippen LogP contribution in [-0.4, -0.2) is 18.5 Å². The van der Waals surface area contributed by atoms with Crippen LogP contribution >= 0.6 is 11.3 Å². The van der Waals surface area contributed by atoms with Gasteiger partial charge in [0.25, 0.3) is 0 Å². The van der Waals surface area contributed by atoms with Crippen molar-refractivity contribution in [2.75, 3.05) is 13.6 Å². The molecule has 104 valence electrons. The van der Waals surface area contributed by atoms with Gasteiger partial charge in [-0.1, -0.05) is 36.1 Å². The van der Waals surface area contributed by atoms with Crippen LogP contribution in [0.2, 0.25) is 0 Å². The van der Waals surface area contributed by atoms with Crippen LogP contribution in [0.3, 0.4) is 0 Å². The average Bonchev–Trinajstić information content (AvgIpc) is 2.86. The Labute approximate surface area is 125 Å². The zero-order chi connectivity index (χ0) is 14.4. The maximum atomic E-state index is 5.43. The molecular formula is C17H20N2S. The minimum Gasteiger partial charge on any atom is -0.320 e. The predicted octanol–water partition coefficient (Wildman–Crippen LogP) is 3.00. The maximum absolute atomic E-state index is 5.43. The third kappa shape index (κ3) is 3.94. The van der Waals surface area contributed by atoms with Gasteiger partial charge in [0.2, 0.25) is 0 Å². The Kier molecular flexibility index (Phi) is 5.37. The number of hydrogen-bond donors (Lipinski definition) is 1. The van der Waals surface area contributed by atoms with Crippen LogP contribution in [0, 0.1) is 18.8 Å². The van der Waals surface area contributed by atoms with E-state index < -0.39 is 0 Å². The number of nitrogens with zero attached hydrogens (tertiary/aromatic N) is 1. The van der Waals surface area contributed by atoms with Crippen molar-refractivity contribution in [2.24, 2.45) is 5.73 Å². The smallest absolute Gasteiger partial charge is 0.0555 e. The summed E-state index contributed by atoms with van der Waals surface area (Å²) in [6, 6.07) is 10.6. The molecule has 0 saturated carbocycles. The summed E-state index contributed by atoms with van der Waals surface area (Å²) in [6.07, 6.45) is 0. The highest BCUT2D eigenvalue weighted by molar-refractivity contribution is 7.10. The molecule has 1 aromatic carbocycles. The predicted molar refractivity (Wildman–Crippen MR) is 86.6 cm³/mol.